The molecule has 0 fully saturated rings. The van der Waals surface area contributed by atoms with E-state index in [9.17, 15) is 19.8 Å². The molecule has 0 saturated heterocycles. The van der Waals surface area contributed by atoms with Crippen LogP contribution in [0.4, 0.5) is 0 Å². The first kappa shape index (κ1) is 76.6. The van der Waals surface area contributed by atoms with Crippen molar-refractivity contribution in [1.82, 2.24) is 5.32 Å². The minimum Gasteiger partial charge on any atom is -0.466 e. The van der Waals surface area contributed by atoms with Gasteiger partial charge in [0.15, 0.2) is 0 Å². The van der Waals surface area contributed by atoms with Gasteiger partial charge in [-0.2, -0.15) is 0 Å². The second kappa shape index (κ2) is 68.1. The van der Waals surface area contributed by atoms with E-state index in [2.05, 4.69) is 19.2 Å². The van der Waals surface area contributed by atoms with E-state index < -0.39 is 12.1 Å². The quantitative estimate of drug-likeness (QED) is 0.0320. The third-order valence-electron chi connectivity index (χ3n) is 17.1. The Hall–Kier alpha value is -1.40. The Kier molecular flexibility index (Phi) is 66.9. The Morgan fingerprint density at radius 2 is 0.590 bits per heavy atom. The largest absolute Gasteiger partial charge is 0.466 e. The summed E-state index contributed by atoms with van der Waals surface area (Å²) in [5, 5.41) is 23.0. The third-order valence-corrected chi connectivity index (χ3v) is 17.1. The van der Waals surface area contributed by atoms with E-state index in [1.807, 2.05) is 6.08 Å². The molecule has 6 nitrogen and oxygen atoms in total. The van der Waals surface area contributed by atoms with Crippen LogP contribution < -0.4 is 5.32 Å². The minimum atomic E-state index is -0.838. The lowest BCUT2D eigenvalue weighted by Gasteiger charge is -2.20. The molecule has 0 aromatic rings. The summed E-state index contributed by atoms with van der Waals surface area (Å²) in [6.45, 7) is 4.93. The van der Waals surface area contributed by atoms with Crippen molar-refractivity contribution in [2.45, 2.75) is 424 Å². The standard InChI is InChI=1S/C72H141NO5/c1-3-5-7-9-11-13-15-16-17-18-33-37-40-43-46-50-54-58-62-66-72(77)78-67-63-59-55-51-47-44-41-38-35-32-30-28-26-24-22-20-19-21-23-25-27-29-31-34-36-39-42-45-49-53-57-61-65-71(76)73-69(68-74)70(75)64-60-56-52-48-14-12-10-8-6-4-2/h60,64,69-70,74-75H,3-59,61-63,65-68H2,1-2H3,(H,73,76)/b64-60+. The third kappa shape index (κ3) is 63.8. The molecule has 0 heterocycles. The number of ether oxygens (including phenoxy) is 1. The highest BCUT2D eigenvalue weighted by molar-refractivity contribution is 5.76. The molecule has 0 aromatic carbocycles. The topological polar surface area (TPSA) is 95.9 Å². The lowest BCUT2D eigenvalue weighted by Crippen LogP contribution is -2.45. The van der Waals surface area contributed by atoms with Gasteiger partial charge in [-0.05, 0) is 32.1 Å². The van der Waals surface area contributed by atoms with Crippen LogP contribution in [0.1, 0.15) is 412 Å². The molecule has 0 radical (unpaired) electrons. The number of hydrogen-bond acceptors (Lipinski definition) is 5. The summed E-state index contributed by atoms with van der Waals surface area (Å²) in [5.74, 6) is -0.0367. The van der Waals surface area contributed by atoms with Crippen molar-refractivity contribution in [3.8, 4) is 0 Å². The van der Waals surface area contributed by atoms with E-state index in [1.54, 1.807) is 6.08 Å². The molecule has 0 saturated carbocycles. The highest BCUT2D eigenvalue weighted by atomic mass is 16.5. The molecule has 0 aliphatic rings. The van der Waals surface area contributed by atoms with Gasteiger partial charge in [0.1, 0.15) is 0 Å². The predicted molar refractivity (Wildman–Crippen MR) is 343 cm³/mol. The van der Waals surface area contributed by atoms with Crippen LogP contribution in [0.3, 0.4) is 0 Å². The van der Waals surface area contributed by atoms with Crippen LogP contribution in [0, 0.1) is 0 Å². The first-order valence-electron chi connectivity index (χ1n) is 36.0. The average molecular weight is 1100 g/mol. The van der Waals surface area contributed by atoms with Gasteiger partial charge in [-0.3, -0.25) is 9.59 Å². The first-order chi connectivity index (χ1) is 38.5. The maximum Gasteiger partial charge on any atom is 0.305 e. The molecular weight excluding hydrogens is 959 g/mol. The zero-order valence-corrected chi connectivity index (χ0v) is 53.2. The van der Waals surface area contributed by atoms with Crippen LogP contribution in [0.25, 0.3) is 0 Å². The van der Waals surface area contributed by atoms with Gasteiger partial charge in [0.25, 0.3) is 0 Å². The van der Waals surface area contributed by atoms with Gasteiger partial charge in [-0.1, -0.05) is 379 Å². The Morgan fingerprint density at radius 1 is 0.346 bits per heavy atom. The van der Waals surface area contributed by atoms with Gasteiger partial charge >= 0.3 is 5.97 Å². The number of allylic oxidation sites excluding steroid dienone is 1. The van der Waals surface area contributed by atoms with Gasteiger partial charge in [0, 0.05) is 12.8 Å². The van der Waals surface area contributed by atoms with Crippen molar-refractivity contribution in [3.05, 3.63) is 12.2 Å². The molecule has 2 unspecified atom stereocenters. The SMILES string of the molecule is CCCCCCCCCC/C=C/C(O)C(CO)NC(=O)CCCCCCCCCCCCCCCCCCCCCCCCCCCCCCCCCCOC(=O)CCCCCCCCCCCCCCCCCCCCC. The van der Waals surface area contributed by atoms with Crippen LogP contribution in [-0.4, -0.2) is 47.4 Å². The minimum absolute atomic E-state index is 0.0266. The molecule has 0 aliphatic heterocycles. The molecule has 0 rings (SSSR count). The number of amides is 1. The van der Waals surface area contributed by atoms with E-state index >= 15 is 0 Å². The van der Waals surface area contributed by atoms with Crippen molar-refractivity contribution in [3.63, 3.8) is 0 Å². The van der Waals surface area contributed by atoms with E-state index in [0.29, 0.717) is 19.4 Å². The van der Waals surface area contributed by atoms with Crippen LogP contribution in [0.15, 0.2) is 12.2 Å². The second-order valence-corrected chi connectivity index (χ2v) is 24.9. The highest BCUT2D eigenvalue weighted by Gasteiger charge is 2.18. The van der Waals surface area contributed by atoms with Crippen LogP contribution in [-0.2, 0) is 14.3 Å². The number of aliphatic hydroxyl groups excluding tert-OH is 2. The van der Waals surface area contributed by atoms with Crippen molar-refractivity contribution < 1.29 is 24.5 Å². The summed E-state index contributed by atoms with van der Waals surface area (Å²) in [6, 6.07) is -0.622. The van der Waals surface area contributed by atoms with Crippen LogP contribution in [0.2, 0.25) is 0 Å². The molecular formula is C72H141NO5. The number of carbonyl (C=O) groups is 2. The fraction of sp³-hybridized carbons (Fsp3) is 0.944. The molecule has 78 heavy (non-hydrogen) atoms. The average Bonchev–Trinajstić information content (AvgIpc) is 3.44. The summed E-state index contributed by atoms with van der Waals surface area (Å²) in [5.41, 5.74) is 0. The maximum absolute atomic E-state index is 12.4. The summed E-state index contributed by atoms with van der Waals surface area (Å²) < 4.78 is 5.52. The number of carbonyl (C=O) groups excluding carboxylic acids is 2. The normalized spacial score (nSPS) is 12.5. The molecule has 1 amide bonds. The molecule has 0 spiro atoms. The van der Waals surface area contributed by atoms with Crippen molar-refractivity contribution >= 4 is 11.9 Å². The van der Waals surface area contributed by atoms with Crippen LogP contribution >= 0.6 is 0 Å². The number of esters is 1. The number of unbranched alkanes of at least 4 members (excludes halogenated alkanes) is 57. The van der Waals surface area contributed by atoms with E-state index in [4.69, 9.17) is 4.74 Å². The number of aliphatic hydroxyl groups is 2. The molecule has 464 valence electrons. The van der Waals surface area contributed by atoms with Crippen molar-refractivity contribution in [2.75, 3.05) is 13.2 Å². The van der Waals surface area contributed by atoms with E-state index in [-0.39, 0.29) is 18.5 Å². The molecule has 0 bridgehead atoms. The number of hydrogen-bond donors (Lipinski definition) is 3. The molecule has 3 N–H and O–H groups in total. The number of nitrogens with one attached hydrogen (secondary N) is 1. The molecule has 6 heteroatoms. The monoisotopic (exact) mass is 1100 g/mol. The van der Waals surface area contributed by atoms with Crippen molar-refractivity contribution in [1.29, 1.82) is 0 Å². The fourth-order valence-corrected chi connectivity index (χ4v) is 11.6. The Labute approximate surface area is 489 Å². The molecule has 0 aliphatic carbocycles. The van der Waals surface area contributed by atoms with Gasteiger partial charge in [-0.25, -0.2) is 0 Å². The molecule has 2 atom stereocenters. The van der Waals surface area contributed by atoms with Gasteiger partial charge < -0.3 is 20.3 Å². The summed E-state index contributed by atoms with van der Waals surface area (Å²) in [7, 11) is 0. The van der Waals surface area contributed by atoms with Gasteiger partial charge in [0.05, 0.1) is 25.4 Å². The van der Waals surface area contributed by atoms with E-state index in [1.165, 1.54) is 347 Å². The van der Waals surface area contributed by atoms with Crippen molar-refractivity contribution in [2.24, 2.45) is 0 Å². The predicted octanol–water partition coefficient (Wildman–Crippen LogP) is 23.1. The summed E-state index contributed by atoms with van der Waals surface area (Å²) in [4.78, 5) is 24.5. The Bertz CT molecular complexity index is 1180. The molecule has 0 aromatic heterocycles. The zero-order valence-electron chi connectivity index (χ0n) is 53.2. The second-order valence-electron chi connectivity index (χ2n) is 24.9. The lowest BCUT2D eigenvalue weighted by atomic mass is 10.0. The highest BCUT2D eigenvalue weighted by Crippen LogP contribution is 2.19. The fourth-order valence-electron chi connectivity index (χ4n) is 11.6. The summed E-state index contributed by atoms with van der Waals surface area (Å²) >= 11 is 0. The summed E-state index contributed by atoms with van der Waals surface area (Å²) in [6.07, 6.45) is 84.6. The van der Waals surface area contributed by atoms with Gasteiger partial charge in [-0.15, -0.1) is 0 Å². The zero-order chi connectivity index (χ0) is 56.4. The number of rotatable bonds is 68. The van der Waals surface area contributed by atoms with E-state index in [0.717, 1.165) is 38.5 Å². The first-order valence-corrected chi connectivity index (χ1v) is 36.0. The smallest absolute Gasteiger partial charge is 0.305 e. The van der Waals surface area contributed by atoms with Gasteiger partial charge in [0.2, 0.25) is 5.91 Å². The maximum atomic E-state index is 12.4. The Morgan fingerprint density at radius 3 is 0.872 bits per heavy atom. The van der Waals surface area contributed by atoms with Crippen LogP contribution in [0.5, 0.6) is 0 Å². The lowest BCUT2D eigenvalue weighted by molar-refractivity contribution is -0.143. The Balaban J connectivity index is 3.28.